The van der Waals surface area contributed by atoms with Crippen LogP contribution in [-0.4, -0.2) is 16.4 Å². The average Bonchev–Trinajstić information content (AvgIpc) is 2.94. The number of halogens is 1. The fourth-order valence-electron chi connectivity index (χ4n) is 3.05. The highest BCUT2D eigenvalue weighted by molar-refractivity contribution is 6.23. The van der Waals surface area contributed by atoms with Gasteiger partial charge in [0, 0.05) is 12.1 Å². The minimum absolute atomic E-state index is 0.0318. The lowest BCUT2D eigenvalue weighted by Crippen LogP contribution is -2.24. The van der Waals surface area contributed by atoms with E-state index < -0.39 is 17.4 Å². The van der Waals surface area contributed by atoms with Crippen LogP contribution in [0.3, 0.4) is 0 Å². The molecule has 0 atom stereocenters. The molecule has 0 spiro atoms. The molecule has 2 amide bonds. The van der Waals surface area contributed by atoms with E-state index in [1.807, 2.05) is 0 Å². The fraction of sp³-hybridized carbons (Fsp3) is 0.0500. The van der Waals surface area contributed by atoms with Crippen LogP contribution in [0.2, 0.25) is 0 Å². The molecule has 0 aliphatic carbocycles. The molecule has 7 nitrogen and oxygen atoms in total. The first-order chi connectivity index (χ1) is 13.4. The number of nitrogen functional groups attached to an aromatic ring is 1. The summed E-state index contributed by atoms with van der Waals surface area (Å²) in [5.41, 5.74) is 6.41. The summed E-state index contributed by atoms with van der Waals surface area (Å²) in [6.07, 6.45) is 0. The van der Waals surface area contributed by atoms with E-state index in [2.05, 4.69) is 5.32 Å². The normalized spacial score (nSPS) is 12.6. The number of nitrogens with two attached hydrogens (primary N) is 1. The monoisotopic (exact) mass is 379 g/mol. The van der Waals surface area contributed by atoms with Crippen LogP contribution in [0.4, 0.5) is 10.2 Å². The molecule has 4 rings (SSSR count). The SMILES string of the molecule is Nc1c2c(cc(=O)n1-c1cccc(OCc3cccc(F)c3)c1)C(=O)NC2=O. The number of anilines is 1. The zero-order valence-electron chi connectivity index (χ0n) is 14.4. The Bertz CT molecular complexity index is 1190. The van der Waals surface area contributed by atoms with Crippen molar-refractivity contribution in [2.24, 2.45) is 0 Å². The van der Waals surface area contributed by atoms with Crippen molar-refractivity contribution < 1.29 is 18.7 Å². The van der Waals surface area contributed by atoms with Gasteiger partial charge < -0.3 is 10.5 Å². The van der Waals surface area contributed by atoms with Gasteiger partial charge in [0.25, 0.3) is 17.4 Å². The summed E-state index contributed by atoms with van der Waals surface area (Å²) in [7, 11) is 0. The standard InChI is InChI=1S/C20H14FN3O4/c21-12-4-1-3-11(7-12)10-28-14-6-2-5-13(8-14)24-16(25)9-15-17(18(24)22)20(27)23-19(15)26/h1-9H,10,22H2,(H,23,26,27). The van der Waals surface area contributed by atoms with Crippen LogP contribution in [-0.2, 0) is 6.61 Å². The lowest BCUT2D eigenvalue weighted by molar-refractivity contribution is 0.0880. The third-order valence-corrected chi connectivity index (χ3v) is 4.32. The molecule has 3 aromatic rings. The van der Waals surface area contributed by atoms with Crippen molar-refractivity contribution in [3.63, 3.8) is 0 Å². The Balaban J connectivity index is 1.69. The summed E-state index contributed by atoms with van der Waals surface area (Å²) in [5.74, 6) is -1.37. The van der Waals surface area contributed by atoms with Gasteiger partial charge >= 0.3 is 0 Å². The van der Waals surface area contributed by atoms with Crippen molar-refractivity contribution >= 4 is 17.6 Å². The molecule has 1 aliphatic heterocycles. The highest BCUT2D eigenvalue weighted by Gasteiger charge is 2.31. The number of amides is 2. The molecule has 0 saturated carbocycles. The maximum atomic E-state index is 13.3. The number of rotatable bonds is 4. The Hall–Kier alpha value is -3.94. The molecule has 28 heavy (non-hydrogen) atoms. The molecular weight excluding hydrogens is 365 g/mol. The first kappa shape index (κ1) is 17.5. The summed E-state index contributed by atoms with van der Waals surface area (Å²) in [4.78, 5) is 36.2. The van der Waals surface area contributed by atoms with Gasteiger partial charge in [-0.25, -0.2) is 4.39 Å². The average molecular weight is 379 g/mol. The molecule has 2 heterocycles. The molecule has 0 saturated heterocycles. The number of carbonyl (C=O) groups is 2. The van der Waals surface area contributed by atoms with Gasteiger partial charge in [-0.3, -0.25) is 24.3 Å². The lowest BCUT2D eigenvalue weighted by Gasteiger charge is -2.13. The molecule has 0 bridgehead atoms. The van der Waals surface area contributed by atoms with Gasteiger partial charge in [0.2, 0.25) is 0 Å². The summed E-state index contributed by atoms with van der Waals surface area (Å²) >= 11 is 0. The van der Waals surface area contributed by atoms with Crippen LogP contribution < -0.4 is 21.3 Å². The number of hydrogen-bond donors (Lipinski definition) is 2. The van der Waals surface area contributed by atoms with Gasteiger partial charge in [-0.1, -0.05) is 18.2 Å². The molecule has 0 radical (unpaired) electrons. The quantitative estimate of drug-likeness (QED) is 0.675. The van der Waals surface area contributed by atoms with E-state index in [-0.39, 0.29) is 29.4 Å². The maximum Gasteiger partial charge on any atom is 0.262 e. The smallest absolute Gasteiger partial charge is 0.262 e. The van der Waals surface area contributed by atoms with Crippen LogP contribution in [0.15, 0.2) is 59.4 Å². The highest BCUT2D eigenvalue weighted by atomic mass is 19.1. The van der Waals surface area contributed by atoms with E-state index in [4.69, 9.17) is 10.5 Å². The summed E-state index contributed by atoms with van der Waals surface area (Å²) in [6, 6.07) is 13.6. The van der Waals surface area contributed by atoms with E-state index in [9.17, 15) is 18.8 Å². The molecule has 8 heteroatoms. The Morgan fingerprint density at radius 1 is 1.00 bits per heavy atom. The van der Waals surface area contributed by atoms with E-state index in [1.54, 1.807) is 36.4 Å². The summed E-state index contributed by atoms with van der Waals surface area (Å²) in [6.45, 7) is 0.132. The number of nitrogens with one attached hydrogen (secondary N) is 1. The zero-order chi connectivity index (χ0) is 19.8. The zero-order valence-corrected chi connectivity index (χ0v) is 14.4. The number of nitrogens with zero attached hydrogens (tertiary/aromatic N) is 1. The summed E-state index contributed by atoms with van der Waals surface area (Å²) in [5, 5.41) is 2.12. The predicted octanol–water partition coefficient (Wildman–Crippen LogP) is 2.02. The van der Waals surface area contributed by atoms with Crippen LogP contribution >= 0.6 is 0 Å². The minimum atomic E-state index is -0.650. The number of benzene rings is 2. The first-order valence-corrected chi connectivity index (χ1v) is 8.33. The molecule has 0 unspecified atom stereocenters. The van der Waals surface area contributed by atoms with Gasteiger partial charge in [0.05, 0.1) is 16.8 Å². The Morgan fingerprint density at radius 3 is 2.57 bits per heavy atom. The second kappa shape index (κ2) is 6.66. The third kappa shape index (κ3) is 3.01. The van der Waals surface area contributed by atoms with Crippen molar-refractivity contribution in [3.05, 3.63) is 87.5 Å². The summed E-state index contributed by atoms with van der Waals surface area (Å²) < 4.78 is 20.1. The Labute approximate surface area is 158 Å². The van der Waals surface area contributed by atoms with Crippen molar-refractivity contribution in [2.45, 2.75) is 6.61 Å². The van der Waals surface area contributed by atoms with Gasteiger partial charge in [0.15, 0.2) is 0 Å². The number of aromatic nitrogens is 1. The van der Waals surface area contributed by atoms with Gasteiger partial charge in [-0.05, 0) is 29.8 Å². The third-order valence-electron chi connectivity index (χ3n) is 4.32. The topological polar surface area (TPSA) is 103 Å². The van der Waals surface area contributed by atoms with Crippen LogP contribution in [0, 0.1) is 5.82 Å². The molecule has 0 fully saturated rings. The van der Waals surface area contributed by atoms with Crippen molar-refractivity contribution in [1.82, 2.24) is 9.88 Å². The van der Waals surface area contributed by atoms with Gasteiger partial charge in [-0.2, -0.15) is 0 Å². The van der Waals surface area contributed by atoms with Crippen molar-refractivity contribution in [3.8, 4) is 11.4 Å². The first-order valence-electron chi connectivity index (χ1n) is 8.33. The number of fused-ring (bicyclic) bond motifs is 1. The number of ether oxygens (including phenoxy) is 1. The number of imide groups is 1. The molecule has 140 valence electrons. The molecule has 2 aromatic carbocycles. The fourth-order valence-corrected chi connectivity index (χ4v) is 3.05. The molecule has 3 N–H and O–H groups in total. The number of pyridine rings is 1. The second-order valence-corrected chi connectivity index (χ2v) is 6.19. The molecular formula is C20H14FN3O4. The Kier molecular flexibility index (Phi) is 4.15. The van der Waals surface area contributed by atoms with E-state index in [0.717, 1.165) is 10.6 Å². The van der Waals surface area contributed by atoms with Gasteiger partial charge in [-0.15, -0.1) is 0 Å². The number of hydrogen-bond acceptors (Lipinski definition) is 5. The van der Waals surface area contributed by atoms with Crippen LogP contribution in [0.25, 0.3) is 5.69 Å². The molecule has 1 aromatic heterocycles. The number of carbonyl (C=O) groups excluding carboxylic acids is 2. The van der Waals surface area contributed by atoms with E-state index in [1.165, 1.54) is 12.1 Å². The largest absolute Gasteiger partial charge is 0.489 e. The van der Waals surface area contributed by atoms with Gasteiger partial charge in [0.1, 0.15) is 24.0 Å². The minimum Gasteiger partial charge on any atom is -0.489 e. The van der Waals surface area contributed by atoms with E-state index in [0.29, 0.717) is 17.0 Å². The van der Waals surface area contributed by atoms with Crippen molar-refractivity contribution in [2.75, 3.05) is 5.73 Å². The van der Waals surface area contributed by atoms with Crippen molar-refractivity contribution in [1.29, 1.82) is 0 Å². The molecule has 1 aliphatic rings. The lowest BCUT2D eigenvalue weighted by atomic mass is 10.1. The Morgan fingerprint density at radius 2 is 1.79 bits per heavy atom. The predicted molar refractivity (Wildman–Crippen MR) is 99.0 cm³/mol. The van der Waals surface area contributed by atoms with Crippen LogP contribution in [0.1, 0.15) is 26.3 Å². The van der Waals surface area contributed by atoms with E-state index >= 15 is 0 Å². The highest BCUT2D eigenvalue weighted by Crippen LogP contribution is 2.24. The second-order valence-electron chi connectivity index (χ2n) is 6.19. The van der Waals surface area contributed by atoms with Crippen LogP contribution in [0.5, 0.6) is 5.75 Å². The maximum absolute atomic E-state index is 13.3.